The molecule has 0 spiro atoms. The molecule has 0 aliphatic heterocycles. The molecule has 0 aromatic heterocycles. The molecule has 0 saturated carbocycles. The van der Waals surface area contributed by atoms with Crippen molar-refractivity contribution >= 4 is 11.6 Å². The second kappa shape index (κ2) is 5.46. The van der Waals surface area contributed by atoms with E-state index in [1.54, 1.807) is 25.2 Å². The van der Waals surface area contributed by atoms with E-state index >= 15 is 0 Å². The van der Waals surface area contributed by atoms with Gasteiger partial charge in [0.25, 0.3) is 0 Å². The predicted molar refractivity (Wildman–Crippen MR) is 69.6 cm³/mol. The van der Waals surface area contributed by atoms with E-state index in [0.29, 0.717) is 11.6 Å². The minimum atomic E-state index is -0.525. The summed E-state index contributed by atoms with van der Waals surface area (Å²) in [6.07, 6.45) is 0. The Labute approximate surface area is 109 Å². The van der Waals surface area contributed by atoms with Gasteiger partial charge in [-0.2, -0.15) is 0 Å². The highest BCUT2D eigenvalue weighted by molar-refractivity contribution is 6.30. The number of hydrogen-bond acceptors (Lipinski definition) is 1. The van der Waals surface area contributed by atoms with E-state index in [4.69, 9.17) is 11.6 Å². The van der Waals surface area contributed by atoms with Gasteiger partial charge in [0.15, 0.2) is 0 Å². The summed E-state index contributed by atoms with van der Waals surface area (Å²) in [5, 5.41) is 3.23. The largest absolute Gasteiger partial charge is 0.316 e. The van der Waals surface area contributed by atoms with Crippen LogP contribution >= 0.6 is 11.6 Å². The zero-order chi connectivity index (χ0) is 13.1. The van der Waals surface area contributed by atoms with Crippen LogP contribution in [0.5, 0.6) is 0 Å². The van der Waals surface area contributed by atoms with Crippen LogP contribution in [0.2, 0.25) is 5.02 Å². The topological polar surface area (TPSA) is 12.0 Å². The van der Waals surface area contributed by atoms with Gasteiger partial charge in [0.1, 0.15) is 11.6 Å². The molecule has 2 aromatic rings. The van der Waals surface area contributed by atoms with Crippen molar-refractivity contribution in [2.75, 3.05) is 7.05 Å². The molecule has 18 heavy (non-hydrogen) atoms. The van der Waals surface area contributed by atoms with Crippen molar-refractivity contribution in [1.82, 2.24) is 5.32 Å². The molecule has 4 heteroatoms. The van der Waals surface area contributed by atoms with Gasteiger partial charge in [0.05, 0.1) is 0 Å². The second-order valence-corrected chi connectivity index (χ2v) is 4.41. The first kappa shape index (κ1) is 13.0. The zero-order valence-corrected chi connectivity index (χ0v) is 10.6. The van der Waals surface area contributed by atoms with Crippen LogP contribution in [0.1, 0.15) is 5.56 Å². The highest BCUT2D eigenvalue weighted by Crippen LogP contribution is 2.28. The normalized spacial score (nSPS) is 10.7. The van der Waals surface area contributed by atoms with Gasteiger partial charge in [-0.3, -0.25) is 0 Å². The molecule has 0 unspecified atom stereocenters. The van der Waals surface area contributed by atoms with Gasteiger partial charge in [-0.25, -0.2) is 8.78 Å². The highest BCUT2D eigenvalue weighted by Gasteiger charge is 2.10. The molecule has 1 N–H and O–H groups in total. The molecule has 2 aromatic carbocycles. The lowest BCUT2D eigenvalue weighted by Crippen LogP contribution is -2.05. The van der Waals surface area contributed by atoms with Crippen LogP contribution in [-0.4, -0.2) is 7.05 Å². The van der Waals surface area contributed by atoms with Crippen LogP contribution in [0.3, 0.4) is 0 Å². The Balaban J connectivity index is 2.44. The average molecular weight is 268 g/mol. The molecule has 0 heterocycles. The molecule has 0 fully saturated rings. The van der Waals surface area contributed by atoms with Crippen molar-refractivity contribution in [3.63, 3.8) is 0 Å². The molecule has 0 amide bonds. The molecule has 0 saturated heterocycles. The van der Waals surface area contributed by atoms with Gasteiger partial charge in [0.2, 0.25) is 0 Å². The van der Waals surface area contributed by atoms with Crippen LogP contribution < -0.4 is 5.32 Å². The lowest BCUT2D eigenvalue weighted by molar-refractivity contribution is 0.614. The van der Waals surface area contributed by atoms with Crippen LogP contribution in [0.15, 0.2) is 36.4 Å². The van der Waals surface area contributed by atoms with Crippen LogP contribution in [0.4, 0.5) is 8.78 Å². The Hall–Kier alpha value is -1.45. The first-order valence-corrected chi connectivity index (χ1v) is 5.88. The lowest BCUT2D eigenvalue weighted by atomic mass is 10.0. The average Bonchev–Trinajstić information content (AvgIpc) is 2.31. The van der Waals surface area contributed by atoms with Gasteiger partial charge in [-0.1, -0.05) is 23.7 Å². The summed E-state index contributed by atoms with van der Waals surface area (Å²) >= 11 is 5.67. The smallest absolute Gasteiger partial charge is 0.132 e. The summed E-state index contributed by atoms with van der Waals surface area (Å²) in [5.41, 5.74) is 1.27. The van der Waals surface area contributed by atoms with Gasteiger partial charge in [-0.05, 0) is 36.9 Å². The van der Waals surface area contributed by atoms with Gasteiger partial charge < -0.3 is 5.32 Å². The van der Waals surface area contributed by atoms with Crippen molar-refractivity contribution in [2.24, 2.45) is 0 Å². The fourth-order valence-corrected chi connectivity index (χ4v) is 1.96. The van der Waals surface area contributed by atoms with Crippen molar-refractivity contribution in [3.8, 4) is 11.1 Å². The van der Waals surface area contributed by atoms with E-state index in [1.165, 1.54) is 18.2 Å². The predicted octanol–water partition coefficient (Wildman–Crippen LogP) is 4.00. The maximum atomic E-state index is 13.9. The number of benzene rings is 2. The van der Waals surface area contributed by atoms with Crippen molar-refractivity contribution < 1.29 is 8.78 Å². The molecule has 0 radical (unpaired) electrons. The molecule has 0 atom stereocenters. The molecule has 0 aliphatic rings. The number of halogens is 3. The van der Waals surface area contributed by atoms with Crippen LogP contribution in [0, 0.1) is 11.6 Å². The van der Waals surface area contributed by atoms with E-state index in [2.05, 4.69) is 5.32 Å². The summed E-state index contributed by atoms with van der Waals surface area (Å²) in [7, 11) is 1.78. The Morgan fingerprint density at radius 2 is 1.61 bits per heavy atom. The molecular weight excluding hydrogens is 256 g/mol. The fourth-order valence-electron chi connectivity index (χ4n) is 1.80. The first-order chi connectivity index (χ1) is 8.61. The highest BCUT2D eigenvalue weighted by atomic mass is 35.5. The van der Waals surface area contributed by atoms with E-state index in [-0.39, 0.29) is 11.1 Å². The lowest BCUT2D eigenvalue weighted by Gasteiger charge is -2.07. The molecule has 0 aliphatic carbocycles. The fraction of sp³-hybridized carbons (Fsp3) is 0.143. The third kappa shape index (κ3) is 2.68. The van der Waals surface area contributed by atoms with Crippen LogP contribution in [0.25, 0.3) is 11.1 Å². The second-order valence-electron chi connectivity index (χ2n) is 3.97. The third-order valence-electron chi connectivity index (χ3n) is 2.64. The summed E-state index contributed by atoms with van der Waals surface area (Å²) in [6.45, 7) is 0.570. The summed E-state index contributed by atoms with van der Waals surface area (Å²) in [6, 6.07) is 8.95. The number of nitrogens with one attached hydrogen (secondary N) is 1. The van der Waals surface area contributed by atoms with E-state index in [9.17, 15) is 8.78 Å². The molecule has 2 rings (SSSR count). The van der Waals surface area contributed by atoms with Crippen molar-refractivity contribution in [2.45, 2.75) is 6.54 Å². The van der Waals surface area contributed by atoms with Gasteiger partial charge in [-0.15, -0.1) is 0 Å². The number of rotatable bonds is 3. The number of hydrogen-bond donors (Lipinski definition) is 1. The molecule has 94 valence electrons. The van der Waals surface area contributed by atoms with Gasteiger partial charge >= 0.3 is 0 Å². The maximum Gasteiger partial charge on any atom is 0.132 e. The standard InChI is InChI=1S/C14H12ClF2N/c1-18-8-9-2-4-11(13(16)6-9)12-5-3-10(15)7-14(12)17/h2-7,18H,8H2,1H3. The van der Waals surface area contributed by atoms with Crippen molar-refractivity contribution in [1.29, 1.82) is 0 Å². The zero-order valence-electron chi connectivity index (χ0n) is 9.81. The molecule has 1 nitrogen and oxygen atoms in total. The Kier molecular flexibility index (Phi) is 3.94. The van der Waals surface area contributed by atoms with E-state index < -0.39 is 11.6 Å². The quantitative estimate of drug-likeness (QED) is 0.886. The molecular formula is C14H12ClF2N. The summed E-state index contributed by atoms with van der Waals surface area (Å²) in [5.74, 6) is -0.966. The Morgan fingerprint density at radius 1 is 1.00 bits per heavy atom. The summed E-state index contributed by atoms with van der Waals surface area (Å²) in [4.78, 5) is 0. The maximum absolute atomic E-state index is 13.9. The minimum absolute atomic E-state index is 0.216. The van der Waals surface area contributed by atoms with Crippen molar-refractivity contribution in [3.05, 3.63) is 58.6 Å². The Bertz CT molecular complexity index is 570. The van der Waals surface area contributed by atoms with E-state index in [1.807, 2.05) is 0 Å². The minimum Gasteiger partial charge on any atom is -0.316 e. The monoisotopic (exact) mass is 267 g/mol. The Morgan fingerprint density at radius 3 is 2.17 bits per heavy atom. The van der Waals surface area contributed by atoms with Crippen LogP contribution in [-0.2, 0) is 6.54 Å². The third-order valence-corrected chi connectivity index (χ3v) is 2.87. The SMILES string of the molecule is CNCc1ccc(-c2ccc(Cl)cc2F)c(F)c1. The van der Waals surface area contributed by atoms with E-state index in [0.717, 1.165) is 5.56 Å². The first-order valence-electron chi connectivity index (χ1n) is 5.50. The molecule has 0 bridgehead atoms. The van der Waals surface area contributed by atoms with Gasteiger partial charge in [0, 0.05) is 22.7 Å². The summed E-state index contributed by atoms with van der Waals surface area (Å²) < 4.78 is 27.6.